The lowest BCUT2D eigenvalue weighted by Gasteiger charge is -2.26. The van der Waals surface area contributed by atoms with Crippen LogP contribution in [0.2, 0.25) is 0 Å². The highest BCUT2D eigenvalue weighted by Crippen LogP contribution is 2.33. The first-order chi connectivity index (χ1) is 9.50. The number of rotatable bonds is 5. The molecule has 0 aliphatic rings. The molecule has 0 spiro atoms. The van der Waals surface area contributed by atoms with Gasteiger partial charge in [0.15, 0.2) is 5.16 Å². The minimum absolute atomic E-state index is 0.104. The summed E-state index contributed by atoms with van der Waals surface area (Å²) in [6.45, 7) is 4.26. The number of nitrogens with zero attached hydrogens (tertiary/aromatic N) is 2. The first-order valence-corrected chi connectivity index (χ1v) is 7.47. The fraction of sp³-hybridized carbons (Fsp3) is 0.429. The Balaban J connectivity index is 2.24. The Hall–Kier alpha value is -1.53. The van der Waals surface area contributed by atoms with Crippen LogP contribution in [0, 0.1) is 5.92 Å². The lowest BCUT2D eigenvalue weighted by molar-refractivity contribution is 0.525. The second kappa shape index (κ2) is 6.28. The minimum Gasteiger partial charge on any atom is -0.323 e. The molecule has 0 amide bonds. The van der Waals surface area contributed by atoms with Gasteiger partial charge in [-0.3, -0.25) is 4.57 Å². The number of benzene rings is 1. The second-order valence-electron chi connectivity index (χ2n) is 5.13. The van der Waals surface area contributed by atoms with E-state index in [4.69, 9.17) is 5.73 Å². The van der Waals surface area contributed by atoms with Crippen molar-refractivity contribution in [3.05, 3.63) is 46.4 Å². The van der Waals surface area contributed by atoms with Crippen LogP contribution in [0.25, 0.3) is 0 Å². The van der Waals surface area contributed by atoms with Crippen LogP contribution in [0.3, 0.4) is 0 Å². The highest BCUT2D eigenvalue weighted by Gasteiger charge is 2.25. The standard InChI is InChI=1S/C14H20N4OS/c1-9(2)12(11(15)10-7-5-4-6-8-10)20-14-17-16-13(19)18(14)3/h4-9,11-12H,15H2,1-3H3,(H,16,19). The zero-order chi connectivity index (χ0) is 14.7. The summed E-state index contributed by atoms with van der Waals surface area (Å²) in [4.78, 5) is 11.4. The molecule has 2 aromatic rings. The van der Waals surface area contributed by atoms with E-state index in [1.165, 1.54) is 4.57 Å². The number of hydrogen-bond donors (Lipinski definition) is 2. The Morgan fingerprint density at radius 1 is 1.30 bits per heavy atom. The van der Waals surface area contributed by atoms with Crippen LogP contribution < -0.4 is 11.4 Å². The second-order valence-corrected chi connectivity index (χ2v) is 6.28. The van der Waals surface area contributed by atoms with E-state index >= 15 is 0 Å². The number of nitrogens with two attached hydrogens (primary N) is 1. The topological polar surface area (TPSA) is 76.7 Å². The van der Waals surface area contributed by atoms with Gasteiger partial charge in [-0.1, -0.05) is 55.9 Å². The summed E-state index contributed by atoms with van der Waals surface area (Å²) in [5, 5.41) is 7.31. The third-order valence-corrected chi connectivity index (χ3v) is 4.96. The van der Waals surface area contributed by atoms with E-state index in [1.54, 1.807) is 18.8 Å². The largest absolute Gasteiger partial charge is 0.343 e. The molecule has 2 atom stereocenters. The van der Waals surface area contributed by atoms with Crippen molar-refractivity contribution >= 4 is 11.8 Å². The molecule has 20 heavy (non-hydrogen) atoms. The van der Waals surface area contributed by atoms with Gasteiger partial charge in [-0.15, -0.1) is 5.10 Å². The van der Waals surface area contributed by atoms with Crippen molar-refractivity contribution in [2.24, 2.45) is 18.7 Å². The van der Waals surface area contributed by atoms with Crippen molar-refractivity contribution in [1.82, 2.24) is 14.8 Å². The van der Waals surface area contributed by atoms with Crippen molar-refractivity contribution in [1.29, 1.82) is 0 Å². The third kappa shape index (κ3) is 3.13. The molecule has 2 rings (SSSR count). The number of H-pyrrole nitrogens is 1. The summed E-state index contributed by atoms with van der Waals surface area (Å²) >= 11 is 1.54. The maximum atomic E-state index is 11.4. The van der Waals surface area contributed by atoms with E-state index in [1.807, 2.05) is 30.3 Å². The Morgan fingerprint density at radius 3 is 2.45 bits per heavy atom. The molecule has 1 aromatic carbocycles. The van der Waals surface area contributed by atoms with Crippen molar-refractivity contribution < 1.29 is 0 Å². The number of thioether (sulfide) groups is 1. The number of aromatic amines is 1. The molecule has 2 unspecified atom stereocenters. The van der Waals surface area contributed by atoms with Gasteiger partial charge in [0.05, 0.1) is 0 Å². The molecular weight excluding hydrogens is 272 g/mol. The smallest absolute Gasteiger partial charge is 0.323 e. The Morgan fingerprint density at radius 2 is 1.95 bits per heavy atom. The fourth-order valence-corrected chi connectivity index (χ4v) is 3.21. The summed E-state index contributed by atoms with van der Waals surface area (Å²) in [6, 6.07) is 9.91. The van der Waals surface area contributed by atoms with Gasteiger partial charge in [0, 0.05) is 18.3 Å². The van der Waals surface area contributed by atoms with Crippen LogP contribution in [0.4, 0.5) is 0 Å². The Kier molecular flexibility index (Phi) is 4.67. The normalized spacial score (nSPS) is 14.4. The summed E-state index contributed by atoms with van der Waals surface area (Å²) in [6.07, 6.45) is 0. The maximum absolute atomic E-state index is 11.4. The number of aromatic nitrogens is 3. The molecule has 0 fully saturated rings. The first kappa shape index (κ1) is 14.9. The van der Waals surface area contributed by atoms with E-state index in [0.29, 0.717) is 11.1 Å². The van der Waals surface area contributed by atoms with Gasteiger partial charge in [0.1, 0.15) is 0 Å². The molecule has 0 radical (unpaired) electrons. The fourth-order valence-electron chi connectivity index (χ4n) is 2.05. The van der Waals surface area contributed by atoms with Gasteiger partial charge in [0.2, 0.25) is 0 Å². The van der Waals surface area contributed by atoms with Crippen LogP contribution in [-0.2, 0) is 7.05 Å². The molecule has 6 heteroatoms. The highest BCUT2D eigenvalue weighted by atomic mass is 32.2. The van der Waals surface area contributed by atoms with Crippen LogP contribution in [0.15, 0.2) is 40.3 Å². The van der Waals surface area contributed by atoms with Crippen LogP contribution in [0.5, 0.6) is 0 Å². The van der Waals surface area contributed by atoms with Crippen molar-refractivity contribution in [2.75, 3.05) is 0 Å². The van der Waals surface area contributed by atoms with Crippen LogP contribution >= 0.6 is 11.8 Å². The average molecular weight is 292 g/mol. The monoisotopic (exact) mass is 292 g/mol. The third-order valence-electron chi connectivity index (χ3n) is 3.28. The molecule has 108 valence electrons. The molecule has 0 aliphatic carbocycles. The van der Waals surface area contributed by atoms with Gasteiger partial charge >= 0.3 is 5.69 Å². The van der Waals surface area contributed by atoms with Crippen LogP contribution in [-0.4, -0.2) is 20.0 Å². The van der Waals surface area contributed by atoms with E-state index in [2.05, 4.69) is 24.0 Å². The van der Waals surface area contributed by atoms with Gasteiger partial charge in [-0.05, 0) is 11.5 Å². The molecule has 1 aromatic heterocycles. The van der Waals surface area contributed by atoms with Gasteiger partial charge in [-0.25, -0.2) is 9.89 Å². The van der Waals surface area contributed by atoms with Gasteiger partial charge in [-0.2, -0.15) is 0 Å². The van der Waals surface area contributed by atoms with Gasteiger partial charge in [0.25, 0.3) is 0 Å². The van der Waals surface area contributed by atoms with Crippen LogP contribution in [0.1, 0.15) is 25.5 Å². The lowest BCUT2D eigenvalue weighted by Crippen LogP contribution is -2.28. The van der Waals surface area contributed by atoms with E-state index in [9.17, 15) is 4.79 Å². The zero-order valence-electron chi connectivity index (χ0n) is 11.9. The van der Waals surface area contributed by atoms with Crippen molar-refractivity contribution in [2.45, 2.75) is 30.3 Å². The predicted molar refractivity (Wildman–Crippen MR) is 81.7 cm³/mol. The lowest BCUT2D eigenvalue weighted by atomic mass is 9.97. The number of nitrogens with one attached hydrogen (secondary N) is 1. The SMILES string of the molecule is CC(C)C(Sc1n[nH]c(=O)n1C)C(N)c1ccccc1. The van der Waals surface area contributed by atoms with E-state index < -0.39 is 0 Å². The summed E-state index contributed by atoms with van der Waals surface area (Å²) in [7, 11) is 1.71. The van der Waals surface area contributed by atoms with Crippen molar-refractivity contribution in [3.63, 3.8) is 0 Å². The van der Waals surface area contributed by atoms with E-state index in [-0.39, 0.29) is 17.0 Å². The molecule has 0 saturated heterocycles. The maximum Gasteiger partial charge on any atom is 0.343 e. The molecule has 0 aliphatic heterocycles. The summed E-state index contributed by atoms with van der Waals surface area (Å²) in [5.41, 5.74) is 7.29. The first-order valence-electron chi connectivity index (χ1n) is 6.59. The Bertz CT molecular complexity index is 605. The molecule has 5 nitrogen and oxygen atoms in total. The van der Waals surface area contributed by atoms with Gasteiger partial charge < -0.3 is 5.73 Å². The molecule has 3 N–H and O–H groups in total. The average Bonchev–Trinajstić information content (AvgIpc) is 2.76. The minimum atomic E-state index is -0.205. The summed E-state index contributed by atoms with van der Waals surface area (Å²) in [5.74, 6) is 0.363. The predicted octanol–water partition coefficient (Wildman–Crippen LogP) is 1.93. The molecule has 1 heterocycles. The molecular formula is C14H20N4OS. The summed E-state index contributed by atoms with van der Waals surface area (Å²) < 4.78 is 1.51. The van der Waals surface area contributed by atoms with Crippen molar-refractivity contribution in [3.8, 4) is 0 Å². The molecule has 0 saturated carbocycles. The Labute approximate surface area is 122 Å². The number of hydrogen-bond acceptors (Lipinski definition) is 4. The zero-order valence-corrected chi connectivity index (χ0v) is 12.7. The highest BCUT2D eigenvalue weighted by molar-refractivity contribution is 7.99. The van der Waals surface area contributed by atoms with E-state index in [0.717, 1.165) is 5.56 Å². The molecule has 0 bridgehead atoms. The quantitative estimate of drug-likeness (QED) is 0.826.